The first kappa shape index (κ1) is 22.0. The van der Waals surface area contributed by atoms with E-state index in [9.17, 15) is 27.6 Å². The summed E-state index contributed by atoms with van der Waals surface area (Å²) in [5.74, 6) is -2.48. The number of hydrogen-bond donors (Lipinski definition) is 2. The van der Waals surface area contributed by atoms with Crippen LogP contribution in [0.15, 0.2) is 24.3 Å². The number of halogens is 3. The Morgan fingerprint density at radius 2 is 1.72 bits per heavy atom. The molecule has 1 aromatic carbocycles. The maximum atomic E-state index is 13.0. The smallest absolute Gasteiger partial charge is 0.418 e. The highest BCUT2D eigenvalue weighted by atomic mass is 19.4. The van der Waals surface area contributed by atoms with E-state index in [1.165, 1.54) is 19.1 Å². The fraction of sp³-hybridized carbons (Fsp3) is 0.316. The van der Waals surface area contributed by atoms with E-state index in [0.717, 1.165) is 12.1 Å². The second-order valence-corrected chi connectivity index (χ2v) is 6.01. The van der Waals surface area contributed by atoms with Crippen molar-refractivity contribution in [3.63, 3.8) is 0 Å². The van der Waals surface area contributed by atoms with Gasteiger partial charge in [0.25, 0.3) is 5.91 Å². The summed E-state index contributed by atoms with van der Waals surface area (Å²) in [7, 11) is 0. The Morgan fingerprint density at radius 3 is 2.34 bits per heavy atom. The van der Waals surface area contributed by atoms with E-state index in [1.807, 2.05) is 0 Å². The van der Waals surface area contributed by atoms with Crippen LogP contribution in [0.2, 0.25) is 0 Å². The maximum Gasteiger partial charge on any atom is 0.418 e. The largest absolute Gasteiger partial charge is 0.462 e. The molecule has 2 N–H and O–H groups in total. The lowest BCUT2D eigenvalue weighted by Gasteiger charge is -2.13. The van der Waals surface area contributed by atoms with E-state index in [2.05, 4.69) is 10.3 Å². The number of aromatic amines is 1. The molecule has 1 amide bonds. The molecule has 2 rings (SSSR count). The predicted molar refractivity (Wildman–Crippen MR) is 96.6 cm³/mol. The van der Waals surface area contributed by atoms with E-state index in [0.29, 0.717) is 5.69 Å². The minimum atomic E-state index is -4.65. The highest BCUT2D eigenvalue weighted by Gasteiger charge is 2.33. The first-order valence-electron chi connectivity index (χ1n) is 8.55. The van der Waals surface area contributed by atoms with Crippen LogP contribution in [0.4, 0.5) is 18.9 Å². The van der Waals surface area contributed by atoms with Crippen molar-refractivity contribution in [1.82, 2.24) is 4.98 Å². The van der Waals surface area contributed by atoms with Gasteiger partial charge in [0.1, 0.15) is 5.69 Å². The van der Waals surface area contributed by atoms with Crippen LogP contribution in [0.25, 0.3) is 0 Å². The van der Waals surface area contributed by atoms with Crippen molar-refractivity contribution in [2.24, 2.45) is 0 Å². The number of anilines is 1. The summed E-state index contributed by atoms with van der Waals surface area (Å²) in [6.07, 6.45) is -4.65. The maximum absolute atomic E-state index is 13.0. The van der Waals surface area contributed by atoms with Gasteiger partial charge in [0.2, 0.25) is 0 Å². The molecule has 1 heterocycles. The predicted octanol–water partition coefficient (Wildman–Crippen LogP) is 3.62. The molecule has 7 nitrogen and oxygen atoms in total. The second-order valence-electron chi connectivity index (χ2n) is 6.01. The fourth-order valence-electron chi connectivity index (χ4n) is 2.69. The zero-order valence-corrected chi connectivity index (χ0v) is 15.9. The van der Waals surface area contributed by atoms with Crippen LogP contribution in [0.3, 0.4) is 0 Å². The molecule has 0 radical (unpaired) electrons. The van der Waals surface area contributed by atoms with Gasteiger partial charge in [-0.3, -0.25) is 4.79 Å². The number of rotatable bonds is 6. The number of alkyl halides is 3. The molecule has 10 heteroatoms. The van der Waals surface area contributed by atoms with E-state index < -0.39 is 41.9 Å². The first-order chi connectivity index (χ1) is 13.6. The van der Waals surface area contributed by atoms with Crippen molar-refractivity contribution >= 4 is 23.5 Å². The SMILES string of the molecule is CCOC(=O)c1c(C)[nH]c(C(=O)OCC(=O)Nc2ccccc2C(F)(F)F)c1C. The number of ether oxygens (including phenoxy) is 2. The van der Waals surface area contributed by atoms with Gasteiger partial charge in [-0.15, -0.1) is 0 Å². The molecule has 2 aromatic rings. The summed E-state index contributed by atoms with van der Waals surface area (Å²) >= 11 is 0. The van der Waals surface area contributed by atoms with Gasteiger partial charge in [-0.1, -0.05) is 12.1 Å². The first-order valence-corrected chi connectivity index (χ1v) is 8.55. The fourth-order valence-corrected chi connectivity index (χ4v) is 2.69. The molecule has 0 bridgehead atoms. The summed E-state index contributed by atoms with van der Waals surface area (Å²) in [4.78, 5) is 38.8. The van der Waals surface area contributed by atoms with Crippen molar-refractivity contribution in [2.45, 2.75) is 26.9 Å². The van der Waals surface area contributed by atoms with Crippen molar-refractivity contribution < 1.29 is 37.0 Å². The topological polar surface area (TPSA) is 97.5 Å². The van der Waals surface area contributed by atoms with Crippen LogP contribution in [0, 0.1) is 13.8 Å². The standard InChI is InChI=1S/C19H19F3N2O5/c1-4-28-17(26)15-10(2)16(23-11(15)3)18(27)29-9-14(25)24-13-8-6-5-7-12(13)19(20,21)22/h5-8,23H,4,9H2,1-3H3,(H,24,25). The molecule has 29 heavy (non-hydrogen) atoms. The minimum absolute atomic E-state index is 0.0472. The molecule has 0 aliphatic heterocycles. The molecule has 0 fully saturated rings. The van der Waals surface area contributed by atoms with Crippen LogP contribution >= 0.6 is 0 Å². The number of esters is 2. The average molecular weight is 412 g/mol. The Morgan fingerprint density at radius 1 is 1.07 bits per heavy atom. The quantitative estimate of drug-likeness (QED) is 0.707. The summed E-state index contributed by atoms with van der Waals surface area (Å²) in [5, 5.41) is 2.07. The molecule has 0 atom stereocenters. The van der Waals surface area contributed by atoms with Gasteiger partial charge in [0.15, 0.2) is 6.61 Å². The van der Waals surface area contributed by atoms with Crippen molar-refractivity contribution in [2.75, 3.05) is 18.5 Å². The molecule has 0 unspecified atom stereocenters. The third-order valence-electron chi connectivity index (χ3n) is 3.96. The van der Waals surface area contributed by atoms with E-state index in [1.54, 1.807) is 13.8 Å². The molecule has 0 saturated heterocycles. The van der Waals surface area contributed by atoms with Gasteiger partial charge >= 0.3 is 18.1 Å². The zero-order chi connectivity index (χ0) is 21.8. The second kappa shape index (κ2) is 8.80. The number of hydrogen-bond acceptors (Lipinski definition) is 5. The number of carbonyl (C=O) groups excluding carboxylic acids is 3. The Balaban J connectivity index is 2.06. The van der Waals surface area contributed by atoms with Crippen LogP contribution in [0.1, 0.15) is 44.6 Å². The van der Waals surface area contributed by atoms with Crippen LogP contribution < -0.4 is 5.32 Å². The average Bonchev–Trinajstić information content (AvgIpc) is 2.94. The molecular formula is C19H19F3N2O5. The number of amides is 1. The summed E-state index contributed by atoms with van der Waals surface area (Å²) in [5.41, 5.74) is -0.659. The van der Waals surface area contributed by atoms with Crippen molar-refractivity contribution in [3.05, 3.63) is 52.3 Å². The van der Waals surface area contributed by atoms with E-state index in [4.69, 9.17) is 9.47 Å². The lowest BCUT2D eigenvalue weighted by atomic mass is 10.1. The summed E-state index contributed by atoms with van der Waals surface area (Å²) < 4.78 is 48.7. The molecule has 156 valence electrons. The number of carbonyl (C=O) groups is 3. The lowest BCUT2D eigenvalue weighted by molar-refractivity contribution is -0.137. The Bertz CT molecular complexity index is 934. The monoisotopic (exact) mass is 412 g/mol. The van der Waals surface area contributed by atoms with Crippen LogP contribution in [-0.2, 0) is 20.4 Å². The number of nitrogens with one attached hydrogen (secondary N) is 2. The van der Waals surface area contributed by atoms with Crippen LogP contribution in [0.5, 0.6) is 0 Å². The Kier molecular flexibility index (Phi) is 6.68. The zero-order valence-electron chi connectivity index (χ0n) is 15.9. The Labute approximate surface area is 164 Å². The molecule has 0 spiro atoms. The number of aromatic nitrogens is 1. The highest BCUT2D eigenvalue weighted by molar-refractivity contribution is 6.00. The van der Waals surface area contributed by atoms with Crippen LogP contribution in [-0.4, -0.2) is 36.0 Å². The van der Waals surface area contributed by atoms with E-state index >= 15 is 0 Å². The molecular weight excluding hydrogens is 393 g/mol. The third-order valence-corrected chi connectivity index (χ3v) is 3.96. The summed E-state index contributed by atoms with van der Waals surface area (Å²) in [6, 6.07) is 4.44. The minimum Gasteiger partial charge on any atom is -0.462 e. The highest BCUT2D eigenvalue weighted by Crippen LogP contribution is 2.34. The van der Waals surface area contributed by atoms with Gasteiger partial charge in [-0.05, 0) is 38.5 Å². The van der Waals surface area contributed by atoms with E-state index in [-0.39, 0.29) is 23.4 Å². The lowest BCUT2D eigenvalue weighted by Crippen LogP contribution is -2.23. The third kappa shape index (κ3) is 5.15. The number of aryl methyl sites for hydroxylation is 1. The number of para-hydroxylation sites is 1. The molecule has 0 saturated carbocycles. The van der Waals surface area contributed by atoms with Gasteiger partial charge in [0.05, 0.1) is 23.4 Å². The molecule has 0 aliphatic rings. The van der Waals surface area contributed by atoms with Gasteiger partial charge in [-0.25, -0.2) is 9.59 Å². The number of H-pyrrole nitrogens is 1. The Hall–Kier alpha value is -3.30. The number of benzene rings is 1. The molecule has 1 aromatic heterocycles. The van der Waals surface area contributed by atoms with Gasteiger partial charge in [-0.2, -0.15) is 13.2 Å². The van der Waals surface area contributed by atoms with Gasteiger partial charge < -0.3 is 19.8 Å². The summed E-state index contributed by atoms with van der Waals surface area (Å²) in [6.45, 7) is 4.06. The normalized spacial score (nSPS) is 11.1. The molecule has 0 aliphatic carbocycles. The van der Waals surface area contributed by atoms with Gasteiger partial charge in [0, 0.05) is 5.69 Å². The van der Waals surface area contributed by atoms with Crippen molar-refractivity contribution in [1.29, 1.82) is 0 Å². The van der Waals surface area contributed by atoms with Crippen molar-refractivity contribution in [3.8, 4) is 0 Å².